The monoisotopic (exact) mass is 320 g/mol. The maximum Gasteiger partial charge on any atom is 0.244 e. The van der Waals surface area contributed by atoms with E-state index in [1.807, 2.05) is 50.5 Å². The molecule has 3 heteroatoms. The Kier molecular flexibility index (Phi) is 4.70. The van der Waals surface area contributed by atoms with Crippen molar-refractivity contribution in [2.75, 3.05) is 25.5 Å². The van der Waals surface area contributed by atoms with Crippen LogP contribution < -0.4 is 10.2 Å². The van der Waals surface area contributed by atoms with Gasteiger partial charge in [0.1, 0.15) is 0 Å². The molecule has 3 rings (SSSR count). The fourth-order valence-corrected chi connectivity index (χ4v) is 2.88. The normalized spacial score (nSPS) is 15.2. The van der Waals surface area contributed by atoms with E-state index in [1.165, 1.54) is 5.56 Å². The minimum atomic E-state index is -0.0334. The zero-order valence-electron chi connectivity index (χ0n) is 14.3. The van der Waals surface area contributed by atoms with Crippen LogP contribution in [0.15, 0.2) is 60.7 Å². The largest absolute Gasteiger partial charge is 0.378 e. The standard InChI is InChI=1S/C21H24N2O/c1-23(2)19-11-8-17(9-12-19)10-13-20(24)22-16-21(14-15-21)18-6-4-3-5-7-18/h3-13H,14-16H2,1-2H3,(H,22,24)/b13-10+. The molecule has 0 aromatic heterocycles. The average Bonchev–Trinajstić information content (AvgIpc) is 3.40. The molecule has 0 radical (unpaired) electrons. The maximum atomic E-state index is 12.1. The highest BCUT2D eigenvalue weighted by atomic mass is 16.1. The summed E-state index contributed by atoms with van der Waals surface area (Å²) >= 11 is 0. The summed E-state index contributed by atoms with van der Waals surface area (Å²) in [5, 5.41) is 3.05. The van der Waals surface area contributed by atoms with Crippen molar-refractivity contribution in [3.8, 4) is 0 Å². The highest BCUT2D eigenvalue weighted by Crippen LogP contribution is 2.47. The van der Waals surface area contributed by atoms with Gasteiger partial charge < -0.3 is 10.2 Å². The molecule has 0 atom stereocenters. The third-order valence-electron chi connectivity index (χ3n) is 4.68. The number of carbonyl (C=O) groups is 1. The second kappa shape index (κ2) is 6.91. The molecule has 0 bridgehead atoms. The van der Waals surface area contributed by atoms with Gasteiger partial charge in [-0.1, -0.05) is 42.5 Å². The molecule has 1 N–H and O–H groups in total. The van der Waals surface area contributed by atoms with Crippen molar-refractivity contribution < 1.29 is 4.79 Å². The summed E-state index contributed by atoms with van der Waals surface area (Å²) in [5.41, 5.74) is 3.65. The van der Waals surface area contributed by atoms with Gasteiger partial charge in [-0.25, -0.2) is 0 Å². The Hall–Kier alpha value is -2.55. The molecule has 1 amide bonds. The van der Waals surface area contributed by atoms with Crippen LogP contribution in [0.2, 0.25) is 0 Å². The van der Waals surface area contributed by atoms with Crippen LogP contribution in [0, 0.1) is 0 Å². The quantitative estimate of drug-likeness (QED) is 0.825. The van der Waals surface area contributed by atoms with Crippen LogP contribution in [0.5, 0.6) is 0 Å². The first kappa shape index (κ1) is 16.3. The van der Waals surface area contributed by atoms with Crippen molar-refractivity contribution in [2.24, 2.45) is 0 Å². The van der Waals surface area contributed by atoms with Crippen LogP contribution in [0.3, 0.4) is 0 Å². The van der Waals surface area contributed by atoms with Gasteiger partial charge >= 0.3 is 0 Å². The number of hydrogen-bond acceptors (Lipinski definition) is 2. The summed E-state index contributed by atoms with van der Waals surface area (Å²) in [6.07, 6.45) is 5.77. The predicted octanol–water partition coefficient (Wildman–Crippen LogP) is 3.61. The molecule has 0 spiro atoms. The van der Waals surface area contributed by atoms with Gasteiger partial charge in [0.15, 0.2) is 0 Å². The van der Waals surface area contributed by atoms with Crippen LogP contribution in [-0.4, -0.2) is 26.5 Å². The fraction of sp³-hybridized carbons (Fsp3) is 0.286. The smallest absolute Gasteiger partial charge is 0.244 e. The molecule has 2 aromatic carbocycles. The SMILES string of the molecule is CN(C)c1ccc(/C=C/C(=O)NCC2(c3ccccc3)CC2)cc1. The minimum absolute atomic E-state index is 0.0334. The van der Waals surface area contributed by atoms with E-state index in [4.69, 9.17) is 0 Å². The van der Waals surface area contributed by atoms with E-state index in [0.717, 1.165) is 24.1 Å². The molecule has 3 nitrogen and oxygen atoms in total. The molecule has 1 saturated carbocycles. The number of hydrogen-bond donors (Lipinski definition) is 1. The molecule has 0 heterocycles. The van der Waals surface area contributed by atoms with E-state index >= 15 is 0 Å². The molecule has 2 aromatic rings. The van der Waals surface area contributed by atoms with E-state index in [1.54, 1.807) is 6.08 Å². The number of carbonyl (C=O) groups excluding carboxylic acids is 1. The number of amides is 1. The average molecular weight is 320 g/mol. The van der Waals surface area contributed by atoms with Gasteiger partial charge in [0, 0.05) is 37.8 Å². The predicted molar refractivity (Wildman–Crippen MR) is 100 cm³/mol. The van der Waals surface area contributed by atoms with Crippen LogP contribution in [0.4, 0.5) is 5.69 Å². The molecule has 24 heavy (non-hydrogen) atoms. The van der Waals surface area contributed by atoms with Crippen molar-refractivity contribution in [1.29, 1.82) is 0 Å². The first-order chi connectivity index (χ1) is 11.6. The molecule has 0 aliphatic heterocycles. The third-order valence-corrected chi connectivity index (χ3v) is 4.68. The summed E-state index contributed by atoms with van der Waals surface area (Å²) in [6.45, 7) is 0.708. The summed E-state index contributed by atoms with van der Waals surface area (Å²) in [7, 11) is 4.03. The Morgan fingerprint density at radius 1 is 1.08 bits per heavy atom. The van der Waals surface area contributed by atoms with Crippen LogP contribution in [0.1, 0.15) is 24.0 Å². The van der Waals surface area contributed by atoms with Gasteiger partial charge in [-0.3, -0.25) is 4.79 Å². The molecular formula is C21H24N2O. The van der Waals surface area contributed by atoms with Gasteiger partial charge in [-0.05, 0) is 42.2 Å². The van der Waals surface area contributed by atoms with E-state index in [-0.39, 0.29) is 11.3 Å². The summed E-state index contributed by atoms with van der Waals surface area (Å²) < 4.78 is 0. The molecule has 1 fully saturated rings. The van der Waals surface area contributed by atoms with Crippen molar-refractivity contribution >= 4 is 17.7 Å². The third kappa shape index (κ3) is 3.85. The molecule has 0 unspecified atom stereocenters. The molecule has 1 aliphatic carbocycles. The van der Waals surface area contributed by atoms with E-state index in [2.05, 4.69) is 34.5 Å². The lowest BCUT2D eigenvalue weighted by atomic mass is 9.96. The van der Waals surface area contributed by atoms with Crippen LogP contribution in [0.25, 0.3) is 6.08 Å². The summed E-state index contributed by atoms with van der Waals surface area (Å²) in [4.78, 5) is 14.1. The second-order valence-corrected chi connectivity index (χ2v) is 6.68. The second-order valence-electron chi connectivity index (χ2n) is 6.68. The maximum absolute atomic E-state index is 12.1. The fourth-order valence-electron chi connectivity index (χ4n) is 2.88. The Morgan fingerprint density at radius 2 is 1.75 bits per heavy atom. The number of nitrogens with zero attached hydrogens (tertiary/aromatic N) is 1. The summed E-state index contributed by atoms with van der Waals surface area (Å²) in [6, 6.07) is 18.6. The molecular weight excluding hydrogens is 296 g/mol. The zero-order valence-corrected chi connectivity index (χ0v) is 14.3. The van der Waals surface area contributed by atoms with Gasteiger partial charge in [-0.15, -0.1) is 0 Å². The van der Waals surface area contributed by atoms with Gasteiger partial charge in [0.25, 0.3) is 0 Å². The summed E-state index contributed by atoms with van der Waals surface area (Å²) in [5.74, 6) is -0.0334. The van der Waals surface area contributed by atoms with Crippen molar-refractivity contribution in [3.05, 3.63) is 71.8 Å². The molecule has 0 saturated heterocycles. The molecule has 1 aliphatic rings. The van der Waals surface area contributed by atoms with Crippen LogP contribution >= 0.6 is 0 Å². The van der Waals surface area contributed by atoms with E-state index in [9.17, 15) is 4.79 Å². The first-order valence-electron chi connectivity index (χ1n) is 8.38. The van der Waals surface area contributed by atoms with Gasteiger partial charge in [0.05, 0.1) is 0 Å². The highest BCUT2D eigenvalue weighted by Gasteiger charge is 2.43. The number of benzene rings is 2. The lowest BCUT2D eigenvalue weighted by molar-refractivity contribution is -0.116. The van der Waals surface area contributed by atoms with Crippen molar-refractivity contribution in [1.82, 2.24) is 5.32 Å². The van der Waals surface area contributed by atoms with E-state index < -0.39 is 0 Å². The lowest BCUT2D eigenvalue weighted by Crippen LogP contribution is -2.30. The number of anilines is 1. The molecule has 124 valence electrons. The first-order valence-corrected chi connectivity index (χ1v) is 8.38. The number of nitrogens with one attached hydrogen (secondary N) is 1. The highest BCUT2D eigenvalue weighted by molar-refractivity contribution is 5.91. The van der Waals surface area contributed by atoms with Crippen LogP contribution in [-0.2, 0) is 10.2 Å². The lowest BCUT2D eigenvalue weighted by Gasteiger charge is -2.15. The Balaban J connectivity index is 1.54. The number of rotatable bonds is 6. The van der Waals surface area contributed by atoms with Gasteiger partial charge in [0.2, 0.25) is 5.91 Å². The van der Waals surface area contributed by atoms with E-state index in [0.29, 0.717) is 6.54 Å². The van der Waals surface area contributed by atoms with Gasteiger partial charge in [-0.2, -0.15) is 0 Å². The Labute approximate surface area is 144 Å². The Morgan fingerprint density at radius 3 is 2.33 bits per heavy atom. The topological polar surface area (TPSA) is 32.3 Å². The Bertz CT molecular complexity index is 713. The van der Waals surface area contributed by atoms with Crippen molar-refractivity contribution in [2.45, 2.75) is 18.3 Å². The van der Waals surface area contributed by atoms with Crippen molar-refractivity contribution in [3.63, 3.8) is 0 Å². The minimum Gasteiger partial charge on any atom is -0.378 e. The zero-order chi connectivity index (χ0) is 17.0.